The summed E-state index contributed by atoms with van der Waals surface area (Å²) in [6.45, 7) is 0.904. The molecule has 1 aliphatic heterocycles. The second-order valence-electron chi connectivity index (χ2n) is 10.7. The molecule has 5 atom stereocenters. The van der Waals surface area contributed by atoms with E-state index in [9.17, 15) is 31.9 Å². The maximum absolute atomic E-state index is 14.9. The molecule has 1 saturated carbocycles. The number of allylic oxidation sites excluding steroid dienone is 3. The van der Waals surface area contributed by atoms with E-state index in [1.54, 1.807) is 17.8 Å². The summed E-state index contributed by atoms with van der Waals surface area (Å²) in [6.07, 6.45) is -1.69. The Morgan fingerprint density at radius 2 is 1.59 bits per heavy atom. The first-order valence-corrected chi connectivity index (χ1v) is 13.5. The third-order valence-electron chi connectivity index (χ3n) is 9.01. The van der Waals surface area contributed by atoms with E-state index >= 15 is 0 Å². The summed E-state index contributed by atoms with van der Waals surface area (Å²) >= 11 is 1.56. The van der Waals surface area contributed by atoms with Crippen LogP contribution in [0, 0.1) is 17.3 Å². The van der Waals surface area contributed by atoms with Crippen LogP contribution < -0.4 is 0 Å². The van der Waals surface area contributed by atoms with Gasteiger partial charge in [-0.1, -0.05) is 48.8 Å². The monoisotopic (exact) mass is 626 g/mol. The van der Waals surface area contributed by atoms with Gasteiger partial charge in [0.2, 0.25) is 0 Å². The van der Waals surface area contributed by atoms with Gasteiger partial charge in [0.1, 0.15) is 11.7 Å². The number of halogens is 5. The molecule has 0 bridgehead atoms. The molecule has 1 aromatic carbocycles. The molecule has 3 nitrogen and oxygen atoms in total. The Labute approximate surface area is 253 Å². The van der Waals surface area contributed by atoms with E-state index in [1.807, 2.05) is 30.5 Å². The average molecular weight is 627 g/mol. The number of thioether (sulfide) groups is 1. The summed E-state index contributed by atoms with van der Waals surface area (Å²) < 4.78 is 76.8. The fourth-order valence-electron chi connectivity index (χ4n) is 7.07. The number of benzene rings is 1. The number of aliphatic hydroxyl groups is 1. The third-order valence-corrected chi connectivity index (χ3v) is 9.75. The Bertz CT molecular complexity index is 1130. The summed E-state index contributed by atoms with van der Waals surface area (Å²) in [6, 6.07) is 7.64. The van der Waals surface area contributed by atoms with E-state index in [0.717, 1.165) is 27.2 Å². The predicted octanol–water partition coefficient (Wildman–Crippen LogP) is 9.48. The van der Waals surface area contributed by atoms with E-state index in [2.05, 4.69) is 0 Å². The maximum Gasteiger partial charge on any atom is 0.456 e. The number of fused-ring (bicyclic) bond motifs is 4. The van der Waals surface area contributed by atoms with Crippen molar-refractivity contribution in [3.63, 3.8) is 0 Å². The van der Waals surface area contributed by atoms with Gasteiger partial charge in [-0.2, -0.15) is 35.4 Å². The molecule has 0 amide bonds. The zero-order valence-corrected chi connectivity index (χ0v) is 22.4. The molecule has 2 unspecified atom stereocenters. The van der Waals surface area contributed by atoms with Gasteiger partial charge >= 0.3 is 12.1 Å². The summed E-state index contributed by atoms with van der Waals surface area (Å²) in [5.74, 6) is -6.20. The Balaban J connectivity index is 0.00000320. The lowest BCUT2D eigenvalue weighted by Gasteiger charge is -2.47. The Kier molecular flexibility index (Phi) is 13.1. The SMILES string of the molecule is C.C.C.C.CSc1ccc([C@H]2OC[C@@]3(C)C(CC[C@@]3(O)C(F)(F)C(F)(F)F)C3CCC4=CC(=O)CCC4=C32)cc1.S. The Morgan fingerprint density at radius 1 is 0.976 bits per heavy atom. The van der Waals surface area contributed by atoms with E-state index < -0.39 is 48.2 Å². The number of ether oxygens (including phenoxy) is 1. The first-order chi connectivity index (χ1) is 16.8. The third kappa shape index (κ3) is 5.92. The summed E-state index contributed by atoms with van der Waals surface area (Å²) in [7, 11) is 0. The van der Waals surface area contributed by atoms with Crippen LogP contribution in [0.4, 0.5) is 22.0 Å². The molecule has 0 radical (unpaired) electrons. The van der Waals surface area contributed by atoms with Gasteiger partial charge in [0.05, 0.1) is 6.61 Å². The molecule has 1 heterocycles. The van der Waals surface area contributed by atoms with E-state index in [0.29, 0.717) is 25.7 Å². The van der Waals surface area contributed by atoms with E-state index in [1.165, 1.54) is 6.92 Å². The minimum absolute atomic E-state index is 0. The highest BCUT2D eigenvalue weighted by Crippen LogP contribution is 2.66. The van der Waals surface area contributed by atoms with Crippen LogP contribution in [0.15, 0.2) is 52.0 Å². The number of ketones is 1. The van der Waals surface area contributed by atoms with Crippen LogP contribution in [-0.4, -0.2) is 41.5 Å². The van der Waals surface area contributed by atoms with Crippen molar-refractivity contribution in [2.24, 2.45) is 17.3 Å². The van der Waals surface area contributed by atoms with Crippen LogP contribution in [0.5, 0.6) is 0 Å². The zero-order chi connectivity index (χ0) is 26.1. The molecule has 0 spiro atoms. The molecule has 2 fully saturated rings. The second kappa shape index (κ2) is 13.5. The van der Waals surface area contributed by atoms with Crippen molar-refractivity contribution < 1.29 is 36.6 Å². The fraction of sp³-hybridized carbons (Fsp3) is 0.645. The normalized spacial score (nSPS) is 30.8. The minimum atomic E-state index is -5.88. The molecule has 41 heavy (non-hydrogen) atoms. The summed E-state index contributed by atoms with van der Waals surface area (Å²) in [5.41, 5.74) is -1.56. The minimum Gasteiger partial charge on any atom is -0.383 e. The molecule has 1 N–H and O–H groups in total. The van der Waals surface area contributed by atoms with Crippen LogP contribution in [-0.2, 0) is 9.53 Å². The lowest BCUT2D eigenvalue weighted by molar-refractivity contribution is -0.363. The van der Waals surface area contributed by atoms with E-state index in [4.69, 9.17) is 4.74 Å². The van der Waals surface area contributed by atoms with Gasteiger partial charge in [0, 0.05) is 16.7 Å². The molecule has 1 saturated heterocycles. The van der Waals surface area contributed by atoms with Crippen molar-refractivity contribution in [1.29, 1.82) is 0 Å². The molecule has 3 aliphatic carbocycles. The summed E-state index contributed by atoms with van der Waals surface area (Å²) in [4.78, 5) is 13.2. The van der Waals surface area contributed by atoms with Crippen molar-refractivity contribution in [3.05, 3.63) is 52.6 Å². The standard InChI is InChI=1S/C27H29F5O3S.4CH4.H2S/c1-24-14-35-23(15-3-7-18(36-2)8-4-15)22-19-10-6-17(33)13-16(19)5-9-20(22)21(24)11-12-25(24,34)26(28,29)27(30,31)32;;;;;/h3-4,7-8,13,20-21,23,34H,5-6,9-12,14H2,1-2H3;4*1H4;1H2/t20?,21?,23-,24+,25+;;;;;/m1...../s1. The first-order valence-electron chi connectivity index (χ1n) is 12.2. The largest absolute Gasteiger partial charge is 0.456 e. The molecule has 5 rings (SSSR count). The van der Waals surface area contributed by atoms with E-state index in [-0.39, 0.29) is 61.3 Å². The zero-order valence-electron chi connectivity index (χ0n) is 20.6. The van der Waals surface area contributed by atoms with Gasteiger partial charge in [0.25, 0.3) is 0 Å². The lowest BCUT2D eigenvalue weighted by Crippen LogP contribution is -2.65. The molecule has 10 heteroatoms. The lowest BCUT2D eigenvalue weighted by atomic mass is 9.60. The van der Waals surface area contributed by atoms with Gasteiger partial charge < -0.3 is 9.84 Å². The number of hydrogen-bond acceptors (Lipinski definition) is 4. The first kappa shape index (κ1) is 39.6. The highest BCUT2D eigenvalue weighted by atomic mass is 32.2. The van der Waals surface area contributed by atoms with Crippen molar-refractivity contribution in [1.82, 2.24) is 0 Å². The molecular formula is C31H47F5O3S2. The van der Waals surface area contributed by atoms with Crippen molar-refractivity contribution in [2.75, 3.05) is 12.9 Å². The topological polar surface area (TPSA) is 46.5 Å². The highest BCUT2D eigenvalue weighted by Gasteiger charge is 2.78. The number of carbonyl (C=O) groups is 1. The molecular weight excluding hydrogens is 579 g/mol. The number of hydrogen-bond donors (Lipinski definition) is 1. The average Bonchev–Trinajstić information content (AvgIpc) is 3.02. The maximum atomic E-state index is 14.9. The molecule has 4 aliphatic rings. The van der Waals surface area contributed by atoms with Crippen molar-refractivity contribution >= 4 is 31.0 Å². The Morgan fingerprint density at radius 3 is 2.15 bits per heavy atom. The van der Waals surface area contributed by atoms with Gasteiger partial charge in [-0.15, -0.1) is 11.8 Å². The van der Waals surface area contributed by atoms with Gasteiger partial charge in [-0.25, -0.2) is 0 Å². The van der Waals surface area contributed by atoms with Gasteiger partial charge in [0.15, 0.2) is 5.78 Å². The second-order valence-corrected chi connectivity index (χ2v) is 11.6. The van der Waals surface area contributed by atoms with Crippen molar-refractivity contribution in [2.45, 2.75) is 104 Å². The van der Waals surface area contributed by atoms with Gasteiger partial charge in [-0.3, -0.25) is 4.79 Å². The van der Waals surface area contributed by atoms with Crippen LogP contribution in [0.3, 0.4) is 0 Å². The summed E-state index contributed by atoms with van der Waals surface area (Å²) in [5, 5.41) is 11.2. The smallest absolute Gasteiger partial charge is 0.383 e. The fourth-order valence-corrected chi connectivity index (χ4v) is 7.48. The van der Waals surface area contributed by atoms with Crippen LogP contribution in [0.1, 0.15) is 86.8 Å². The molecule has 236 valence electrons. The quantitative estimate of drug-likeness (QED) is 0.268. The molecule has 1 aromatic rings. The van der Waals surface area contributed by atoms with Crippen LogP contribution in [0.2, 0.25) is 0 Å². The van der Waals surface area contributed by atoms with Crippen molar-refractivity contribution in [3.8, 4) is 0 Å². The number of alkyl halides is 5. The van der Waals surface area contributed by atoms with Crippen LogP contribution in [0.25, 0.3) is 0 Å². The highest BCUT2D eigenvalue weighted by molar-refractivity contribution is 7.98. The predicted molar refractivity (Wildman–Crippen MR) is 163 cm³/mol. The number of carbonyl (C=O) groups excluding carboxylic acids is 1. The number of rotatable bonds is 3. The Hall–Kier alpha value is -1.36. The van der Waals surface area contributed by atoms with Crippen LogP contribution >= 0.6 is 25.3 Å². The van der Waals surface area contributed by atoms with Gasteiger partial charge in [-0.05, 0) is 90.7 Å². The molecule has 0 aromatic heterocycles.